The van der Waals surface area contributed by atoms with Crippen LogP contribution in [0.4, 0.5) is 0 Å². The Labute approximate surface area is 95.4 Å². The Kier molecular flexibility index (Phi) is 4.60. The minimum Gasteiger partial charge on any atom is -0.319 e. The lowest BCUT2D eigenvalue weighted by atomic mass is 9.83. The van der Waals surface area contributed by atoms with Gasteiger partial charge in [0.25, 0.3) is 0 Å². The van der Waals surface area contributed by atoms with Crippen molar-refractivity contribution in [2.75, 3.05) is 26.7 Å². The van der Waals surface area contributed by atoms with E-state index in [1.807, 2.05) is 7.05 Å². The van der Waals surface area contributed by atoms with E-state index in [-0.39, 0.29) is 0 Å². The molecule has 1 saturated heterocycles. The van der Waals surface area contributed by atoms with Gasteiger partial charge in [-0.15, -0.1) is 0 Å². The first kappa shape index (κ1) is 13.0. The van der Waals surface area contributed by atoms with Crippen molar-refractivity contribution < 1.29 is 0 Å². The summed E-state index contributed by atoms with van der Waals surface area (Å²) in [5.41, 5.74) is 0.520. The molecule has 0 aromatic carbocycles. The van der Waals surface area contributed by atoms with Gasteiger partial charge in [0.15, 0.2) is 0 Å². The molecule has 0 spiro atoms. The van der Waals surface area contributed by atoms with Gasteiger partial charge in [-0.2, -0.15) is 0 Å². The summed E-state index contributed by atoms with van der Waals surface area (Å²) in [5, 5.41) is 3.28. The second-order valence-corrected chi connectivity index (χ2v) is 6.01. The lowest BCUT2D eigenvalue weighted by Crippen LogP contribution is -2.48. The summed E-state index contributed by atoms with van der Waals surface area (Å²) in [5.74, 6) is 0.740. The lowest BCUT2D eigenvalue weighted by molar-refractivity contribution is 0.0633. The molecule has 0 aliphatic carbocycles. The third-order valence-electron chi connectivity index (χ3n) is 3.86. The summed E-state index contributed by atoms with van der Waals surface area (Å²) >= 11 is 0. The van der Waals surface area contributed by atoms with Gasteiger partial charge in [-0.3, -0.25) is 4.90 Å². The van der Waals surface area contributed by atoms with Crippen molar-refractivity contribution in [3.05, 3.63) is 0 Å². The van der Waals surface area contributed by atoms with Crippen molar-refractivity contribution in [2.24, 2.45) is 11.3 Å². The SMILES string of the molecule is CNCC(C)C(C)N1CCCC(C)(C)C1. The molecular formula is C13H28N2. The van der Waals surface area contributed by atoms with Crippen LogP contribution in [0.1, 0.15) is 40.5 Å². The van der Waals surface area contributed by atoms with Crippen LogP contribution in [0, 0.1) is 11.3 Å². The predicted molar refractivity (Wildman–Crippen MR) is 67.1 cm³/mol. The first-order chi connectivity index (χ1) is 6.96. The average molecular weight is 212 g/mol. The van der Waals surface area contributed by atoms with E-state index in [1.54, 1.807) is 0 Å². The molecule has 15 heavy (non-hydrogen) atoms. The van der Waals surface area contributed by atoms with Crippen molar-refractivity contribution in [3.63, 3.8) is 0 Å². The standard InChI is InChI=1S/C13H28N2/c1-11(9-14-5)12(2)15-8-6-7-13(3,4)10-15/h11-12,14H,6-10H2,1-5H3. The molecule has 2 unspecified atom stereocenters. The zero-order valence-corrected chi connectivity index (χ0v) is 11.1. The summed E-state index contributed by atoms with van der Waals surface area (Å²) in [6.45, 7) is 13.2. The molecule has 2 heteroatoms. The van der Waals surface area contributed by atoms with Crippen LogP contribution < -0.4 is 5.32 Å². The van der Waals surface area contributed by atoms with Crippen molar-refractivity contribution in [1.29, 1.82) is 0 Å². The molecule has 0 amide bonds. The van der Waals surface area contributed by atoms with E-state index >= 15 is 0 Å². The number of piperidine rings is 1. The molecule has 1 heterocycles. The van der Waals surface area contributed by atoms with Crippen LogP contribution in [-0.4, -0.2) is 37.6 Å². The Morgan fingerprint density at radius 3 is 2.53 bits per heavy atom. The molecule has 0 aromatic rings. The second-order valence-electron chi connectivity index (χ2n) is 6.01. The Hall–Kier alpha value is -0.0800. The van der Waals surface area contributed by atoms with E-state index in [4.69, 9.17) is 0 Å². The van der Waals surface area contributed by atoms with E-state index in [1.165, 1.54) is 25.9 Å². The zero-order chi connectivity index (χ0) is 11.5. The van der Waals surface area contributed by atoms with Gasteiger partial charge in [-0.1, -0.05) is 20.8 Å². The maximum atomic E-state index is 3.28. The fourth-order valence-electron chi connectivity index (χ4n) is 2.67. The summed E-state index contributed by atoms with van der Waals surface area (Å²) in [4.78, 5) is 2.67. The Balaban J connectivity index is 2.48. The van der Waals surface area contributed by atoms with Gasteiger partial charge < -0.3 is 5.32 Å². The van der Waals surface area contributed by atoms with Gasteiger partial charge in [0.1, 0.15) is 0 Å². The van der Waals surface area contributed by atoms with Crippen LogP contribution in [-0.2, 0) is 0 Å². The van der Waals surface area contributed by atoms with Gasteiger partial charge in [0.2, 0.25) is 0 Å². The predicted octanol–water partition coefficient (Wildman–Crippen LogP) is 2.35. The lowest BCUT2D eigenvalue weighted by Gasteiger charge is -2.43. The number of hydrogen-bond acceptors (Lipinski definition) is 2. The van der Waals surface area contributed by atoms with Gasteiger partial charge in [-0.25, -0.2) is 0 Å². The second kappa shape index (κ2) is 5.31. The molecule has 1 aliphatic heterocycles. The maximum absolute atomic E-state index is 3.28. The summed E-state index contributed by atoms with van der Waals surface area (Å²) in [6.07, 6.45) is 2.75. The van der Waals surface area contributed by atoms with Crippen LogP contribution in [0.3, 0.4) is 0 Å². The molecule has 1 N–H and O–H groups in total. The van der Waals surface area contributed by atoms with Crippen molar-refractivity contribution in [3.8, 4) is 0 Å². The average Bonchev–Trinajstić information content (AvgIpc) is 2.15. The fraction of sp³-hybridized carbons (Fsp3) is 1.00. The van der Waals surface area contributed by atoms with Crippen molar-refractivity contribution in [1.82, 2.24) is 10.2 Å². The van der Waals surface area contributed by atoms with Crippen LogP contribution in [0.15, 0.2) is 0 Å². The smallest absolute Gasteiger partial charge is 0.0105 e. The highest BCUT2D eigenvalue weighted by Crippen LogP contribution is 2.30. The van der Waals surface area contributed by atoms with Crippen LogP contribution in [0.5, 0.6) is 0 Å². The molecule has 1 aliphatic rings. The Morgan fingerprint density at radius 2 is 2.00 bits per heavy atom. The molecule has 2 atom stereocenters. The summed E-state index contributed by atoms with van der Waals surface area (Å²) in [7, 11) is 2.05. The maximum Gasteiger partial charge on any atom is 0.0105 e. The van der Waals surface area contributed by atoms with Crippen LogP contribution in [0.2, 0.25) is 0 Å². The van der Waals surface area contributed by atoms with E-state index < -0.39 is 0 Å². The quantitative estimate of drug-likeness (QED) is 0.769. The number of hydrogen-bond donors (Lipinski definition) is 1. The van der Waals surface area contributed by atoms with Gasteiger partial charge in [0.05, 0.1) is 0 Å². The first-order valence-electron chi connectivity index (χ1n) is 6.35. The minimum absolute atomic E-state index is 0.520. The first-order valence-corrected chi connectivity index (χ1v) is 6.35. The monoisotopic (exact) mass is 212 g/mol. The normalized spacial score (nSPS) is 26.2. The van der Waals surface area contributed by atoms with Gasteiger partial charge in [-0.05, 0) is 51.2 Å². The van der Waals surface area contributed by atoms with E-state index in [0.717, 1.165) is 12.5 Å². The number of rotatable bonds is 4. The molecule has 1 rings (SSSR count). The topological polar surface area (TPSA) is 15.3 Å². The fourth-order valence-corrected chi connectivity index (χ4v) is 2.67. The molecule has 90 valence electrons. The minimum atomic E-state index is 0.520. The number of nitrogens with zero attached hydrogens (tertiary/aromatic N) is 1. The van der Waals surface area contributed by atoms with Crippen LogP contribution in [0.25, 0.3) is 0 Å². The van der Waals surface area contributed by atoms with Gasteiger partial charge >= 0.3 is 0 Å². The highest BCUT2D eigenvalue weighted by molar-refractivity contribution is 4.84. The van der Waals surface area contributed by atoms with E-state index in [0.29, 0.717) is 11.5 Å². The Morgan fingerprint density at radius 1 is 1.33 bits per heavy atom. The van der Waals surface area contributed by atoms with Crippen LogP contribution >= 0.6 is 0 Å². The molecule has 0 bridgehead atoms. The molecular weight excluding hydrogens is 184 g/mol. The molecule has 0 aromatic heterocycles. The van der Waals surface area contributed by atoms with Crippen molar-refractivity contribution in [2.45, 2.75) is 46.6 Å². The highest BCUT2D eigenvalue weighted by Gasteiger charge is 2.30. The van der Waals surface area contributed by atoms with Crippen molar-refractivity contribution >= 4 is 0 Å². The van der Waals surface area contributed by atoms with Gasteiger partial charge in [0, 0.05) is 12.6 Å². The number of likely N-dealkylation sites (tertiary alicyclic amines) is 1. The molecule has 1 fully saturated rings. The molecule has 2 nitrogen and oxygen atoms in total. The molecule has 0 radical (unpaired) electrons. The largest absolute Gasteiger partial charge is 0.319 e. The Bertz CT molecular complexity index is 189. The summed E-state index contributed by atoms with van der Waals surface area (Å²) < 4.78 is 0. The summed E-state index contributed by atoms with van der Waals surface area (Å²) in [6, 6.07) is 0.706. The third-order valence-corrected chi connectivity index (χ3v) is 3.86. The number of nitrogens with one attached hydrogen (secondary N) is 1. The van der Waals surface area contributed by atoms with E-state index in [9.17, 15) is 0 Å². The third kappa shape index (κ3) is 3.76. The van der Waals surface area contributed by atoms with E-state index in [2.05, 4.69) is 37.9 Å². The zero-order valence-electron chi connectivity index (χ0n) is 11.1. The molecule has 0 saturated carbocycles. The highest BCUT2D eigenvalue weighted by atomic mass is 15.2.